The molecule has 5 heteroatoms. The van der Waals surface area contributed by atoms with E-state index in [0.29, 0.717) is 5.69 Å². The summed E-state index contributed by atoms with van der Waals surface area (Å²) >= 11 is 2.05. The molecular formula is C15H18INO3. The molecule has 2 rings (SSSR count). The van der Waals surface area contributed by atoms with Gasteiger partial charge in [0, 0.05) is 9.49 Å². The van der Waals surface area contributed by atoms with Crippen LogP contribution in [0.3, 0.4) is 0 Å². The molecule has 2 N–H and O–H groups in total. The second-order valence-corrected chi connectivity index (χ2v) is 7.61. The summed E-state index contributed by atoms with van der Waals surface area (Å²) in [6, 6.07) is 4.99. The molecule has 0 aliphatic heterocycles. The number of aromatic carboxylic acids is 1. The van der Waals surface area contributed by atoms with E-state index in [4.69, 9.17) is 0 Å². The van der Waals surface area contributed by atoms with Crippen molar-refractivity contribution in [1.82, 2.24) is 0 Å². The lowest BCUT2D eigenvalue weighted by Crippen LogP contribution is -2.19. The van der Waals surface area contributed by atoms with Crippen LogP contribution in [-0.2, 0) is 4.79 Å². The van der Waals surface area contributed by atoms with Gasteiger partial charge < -0.3 is 10.4 Å². The summed E-state index contributed by atoms with van der Waals surface area (Å²) in [5.41, 5.74) is 0.357. The number of carbonyl (C=O) groups excluding carboxylic acids is 1. The van der Waals surface area contributed by atoms with Gasteiger partial charge >= 0.3 is 5.97 Å². The number of anilines is 1. The fourth-order valence-electron chi connectivity index (χ4n) is 2.86. The van der Waals surface area contributed by atoms with Crippen LogP contribution in [0.2, 0.25) is 0 Å². The van der Waals surface area contributed by atoms with Crippen LogP contribution in [0, 0.1) is 20.3 Å². The second-order valence-electron chi connectivity index (χ2n) is 6.36. The summed E-state index contributed by atoms with van der Waals surface area (Å²) in [7, 11) is 0. The molecule has 0 spiro atoms. The van der Waals surface area contributed by atoms with Crippen molar-refractivity contribution in [2.24, 2.45) is 16.7 Å². The highest BCUT2D eigenvalue weighted by Gasteiger charge is 2.68. The highest BCUT2D eigenvalue weighted by atomic mass is 127. The smallest absolute Gasteiger partial charge is 0.337 e. The fourth-order valence-corrected chi connectivity index (χ4v) is 3.35. The molecule has 1 saturated carbocycles. The number of benzene rings is 1. The van der Waals surface area contributed by atoms with E-state index in [0.717, 1.165) is 3.57 Å². The van der Waals surface area contributed by atoms with Crippen LogP contribution >= 0.6 is 22.6 Å². The summed E-state index contributed by atoms with van der Waals surface area (Å²) in [5, 5.41) is 12.0. The van der Waals surface area contributed by atoms with Gasteiger partial charge in [0.2, 0.25) is 5.91 Å². The van der Waals surface area contributed by atoms with Crippen LogP contribution in [0.5, 0.6) is 0 Å². The monoisotopic (exact) mass is 387 g/mol. The van der Waals surface area contributed by atoms with Gasteiger partial charge in [0.25, 0.3) is 0 Å². The normalized spacial score (nSPS) is 19.4. The van der Waals surface area contributed by atoms with Crippen molar-refractivity contribution in [2.75, 3.05) is 5.32 Å². The summed E-state index contributed by atoms with van der Waals surface area (Å²) in [4.78, 5) is 23.6. The molecule has 0 atom stereocenters. The van der Waals surface area contributed by atoms with Crippen LogP contribution in [0.1, 0.15) is 38.1 Å². The lowest BCUT2D eigenvalue weighted by molar-refractivity contribution is -0.118. The predicted octanol–water partition coefficient (Wildman–Crippen LogP) is 3.61. The van der Waals surface area contributed by atoms with Gasteiger partial charge in [-0.3, -0.25) is 4.79 Å². The van der Waals surface area contributed by atoms with Crippen molar-refractivity contribution in [3.8, 4) is 0 Å². The van der Waals surface area contributed by atoms with Gasteiger partial charge in [0.05, 0.1) is 11.3 Å². The van der Waals surface area contributed by atoms with Crippen molar-refractivity contribution < 1.29 is 14.7 Å². The number of rotatable bonds is 3. The maximum Gasteiger partial charge on any atom is 0.337 e. The van der Waals surface area contributed by atoms with Crippen LogP contribution < -0.4 is 5.32 Å². The van der Waals surface area contributed by atoms with Crippen molar-refractivity contribution in [2.45, 2.75) is 27.7 Å². The number of carboxylic acid groups (broad SMARTS) is 1. The van der Waals surface area contributed by atoms with E-state index in [1.54, 1.807) is 18.2 Å². The molecule has 0 unspecified atom stereocenters. The zero-order chi connectivity index (χ0) is 15.3. The van der Waals surface area contributed by atoms with E-state index in [2.05, 4.69) is 33.0 Å². The average molecular weight is 387 g/mol. The molecule has 0 heterocycles. The zero-order valence-corrected chi connectivity index (χ0v) is 14.1. The third-order valence-electron chi connectivity index (χ3n) is 4.75. The summed E-state index contributed by atoms with van der Waals surface area (Å²) in [5.74, 6) is -1.24. The van der Waals surface area contributed by atoms with Crippen LogP contribution in [0.15, 0.2) is 18.2 Å². The highest BCUT2D eigenvalue weighted by molar-refractivity contribution is 14.1. The Balaban J connectivity index is 2.24. The number of nitrogens with one attached hydrogen (secondary N) is 1. The van der Waals surface area contributed by atoms with Crippen molar-refractivity contribution >= 4 is 40.2 Å². The lowest BCUT2D eigenvalue weighted by atomic mass is 10.0. The number of carboxylic acids is 1. The fraction of sp³-hybridized carbons (Fsp3) is 0.467. The number of carbonyl (C=O) groups is 2. The van der Waals surface area contributed by atoms with Gasteiger partial charge in [-0.15, -0.1) is 0 Å². The van der Waals surface area contributed by atoms with E-state index < -0.39 is 5.97 Å². The van der Waals surface area contributed by atoms with Gasteiger partial charge in [-0.05, 0) is 51.6 Å². The zero-order valence-electron chi connectivity index (χ0n) is 12.0. The number of halogens is 1. The van der Waals surface area contributed by atoms with E-state index >= 15 is 0 Å². The molecule has 0 aromatic heterocycles. The molecule has 20 heavy (non-hydrogen) atoms. The molecule has 1 amide bonds. The maximum atomic E-state index is 12.4. The van der Waals surface area contributed by atoms with Crippen molar-refractivity contribution in [1.29, 1.82) is 0 Å². The minimum absolute atomic E-state index is 0.0658. The Kier molecular flexibility index (Phi) is 3.60. The Morgan fingerprint density at radius 3 is 2.20 bits per heavy atom. The number of hydrogen-bond acceptors (Lipinski definition) is 2. The largest absolute Gasteiger partial charge is 0.478 e. The van der Waals surface area contributed by atoms with E-state index in [1.807, 2.05) is 22.6 Å². The Bertz CT molecular complexity index is 579. The summed E-state index contributed by atoms with van der Waals surface area (Å²) < 4.78 is 0.824. The van der Waals surface area contributed by atoms with Gasteiger partial charge in [-0.2, -0.15) is 0 Å². The van der Waals surface area contributed by atoms with E-state index in [-0.39, 0.29) is 28.2 Å². The van der Waals surface area contributed by atoms with E-state index in [9.17, 15) is 14.7 Å². The molecule has 0 bridgehead atoms. The first-order valence-corrected chi connectivity index (χ1v) is 7.50. The molecular weight excluding hydrogens is 369 g/mol. The van der Waals surface area contributed by atoms with Gasteiger partial charge in [0.15, 0.2) is 0 Å². The van der Waals surface area contributed by atoms with Gasteiger partial charge in [0.1, 0.15) is 0 Å². The molecule has 1 aliphatic rings. The van der Waals surface area contributed by atoms with Crippen LogP contribution in [-0.4, -0.2) is 17.0 Å². The maximum absolute atomic E-state index is 12.4. The molecule has 0 saturated heterocycles. The molecule has 108 valence electrons. The Hall–Kier alpha value is -1.11. The van der Waals surface area contributed by atoms with Crippen molar-refractivity contribution in [3.05, 3.63) is 27.3 Å². The Morgan fingerprint density at radius 2 is 1.75 bits per heavy atom. The third kappa shape index (κ3) is 2.32. The standard InChI is InChI=1S/C15H18INO3/c1-14(2)11(15(14,3)4)12(18)17-10-6-5-8(16)7-9(10)13(19)20/h5-7,11H,1-4H3,(H,17,18)(H,19,20). The average Bonchev–Trinajstić information content (AvgIpc) is 2.71. The first-order valence-electron chi connectivity index (χ1n) is 6.42. The lowest BCUT2D eigenvalue weighted by Gasteiger charge is -2.10. The molecule has 1 aromatic carbocycles. The first kappa shape index (κ1) is 15.3. The van der Waals surface area contributed by atoms with E-state index in [1.165, 1.54) is 0 Å². The van der Waals surface area contributed by atoms with Gasteiger partial charge in [-0.25, -0.2) is 4.79 Å². The predicted molar refractivity (Wildman–Crippen MR) is 85.8 cm³/mol. The second kappa shape index (κ2) is 4.72. The quantitative estimate of drug-likeness (QED) is 0.779. The molecule has 0 radical (unpaired) electrons. The topological polar surface area (TPSA) is 66.4 Å². The minimum atomic E-state index is -1.03. The molecule has 1 aliphatic carbocycles. The molecule has 1 aromatic rings. The SMILES string of the molecule is CC1(C)C(C(=O)Nc2ccc(I)cc2C(=O)O)C1(C)C. The van der Waals surface area contributed by atoms with Crippen molar-refractivity contribution in [3.63, 3.8) is 0 Å². The first-order chi connectivity index (χ1) is 9.09. The molecule has 1 fully saturated rings. The summed E-state index contributed by atoms with van der Waals surface area (Å²) in [6.07, 6.45) is 0. The van der Waals surface area contributed by atoms with Crippen LogP contribution in [0.25, 0.3) is 0 Å². The third-order valence-corrected chi connectivity index (χ3v) is 5.42. The Labute approximate surface area is 132 Å². The Morgan fingerprint density at radius 1 is 1.20 bits per heavy atom. The van der Waals surface area contributed by atoms with Crippen LogP contribution in [0.4, 0.5) is 5.69 Å². The highest BCUT2D eigenvalue weighted by Crippen LogP contribution is 2.68. The summed E-state index contributed by atoms with van der Waals surface area (Å²) in [6.45, 7) is 8.24. The van der Waals surface area contributed by atoms with Gasteiger partial charge in [-0.1, -0.05) is 27.7 Å². The molecule has 4 nitrogen and oxygen atoms in total. The minimum Gasteiger partial charge on any atom is -0.478 e. The number of amides is 1. The number of hydrogen-bond donors (Lipinski definition) is 2.